The molecule has 0 bridgehead atoms. The molecule has 0 saturated heterocycles. The second kappa shape index (κ2) is 7.11. The van der Waals surface area contributed by atoms with E-state index in [1.807, 2.05) is 0 Å². The summed E-state index contributed by atoms with van der Waals surface area (Å²) in [6.07, 6.45) is 5.36. The Labute approximate surface area is 124 Å². The van der Waals surface area contributed by atoms with E-state index in [9.17, 15) is 13.2 Å². The first-order chi connectivity index (χ1) is 9.81. The number of hydrogen-bond acceptors (Lipinski definition) is 4. The van der Waals surface area contributed by atoms with Crippen LogP contribution in [0.5, 0.6) is 5.75 Å². The fourth-order valence-corrected chi connectivity index (χ4v) is 2.95. The molecule has 0 heterocycles. The molecule has 0 aliphatic heterocycles. The predicted octanol–water partition coefficient (Wildman–Crippen LogP) is 1.47. The van der Waals surface area contributed by atoms with E-state index in [4.69, 9.17) is 16.3 Å². The van der Waals surface area contributed by atoms with Gasteiger partial charge in [-0.1, -0.05) is 0 Å². The van der Waals surface area contributed by atoms with Crippen LogP contribution < -0.4 is 9.46 Å². The summed E-state index contributed by atoms with van der Waals surface area (Å²) in [4.78, 5) is 11.0. The van der Waals surface area contributed by atoms with Crippen LogP contribution in [-0.4, -0.2) is 32.1 Å². The number of nitrogens with one attached hydrogen (secondary N) is 1. The average molecular weight is 311 g/mol. The van der Waals surface area contributed by atoms with Crippen molar-refractivity contribution in [2.75, 3.05) is 6.61 Å². The third-order valence-electron chi connectivity index (χ3n) is 2.57. The molecule has 6 nitrogen and oxygen atoms in total. The molecule has 0 radical (unpaired) electrons. The Kier molecular flexibility index (Phi) is 5.76. The number of carbonyl (C=O) groups is 1. The molecule has 0 aromatic heterocycles. The Morgan fingerprint density at radius 1 is 1.52 bits per heavy atom. The van der Waals surface area contributed by atoms with Gasteiger partial charge in [-0.25, -0.2) is 17.9 Å². The zero-order valence-electron chi connectivity index (χ0n) is 11.8. The Balaban J connectivity index is 3.17. The van der Waals surface area contributed by atoms with Crippen LogP contribution in [0, 0.1) is 12.3 Å². The van der Waals surface area contributed by atoms with Crippen molar-refractivity contribution >= 4 is 16.0 Å². The van der Waals surface area contributed by atoms with Crippen molar-refractivity contribution in [2.45, 2.75) is 31.2 Å². The van der Waals surface area contributed by atoms with Gasteiger partial charge in [0.15, 0.2) is 0 Å². The van der Waals surface area contributed by atoms with Gasteiger partial charge in [0.25, 0.3) is 0 Å². The third kappa shape index (κ3) is 4.48. The highest BCUT2D eigenvalue weighted by molar-refractivity contribution is 7.89. The van der Waals surface area contributed by atoms with Gasteiger partial charge in [-0.15, -0.1) is 12.3 Å². The van der Waals surface area contributed by atoms with Crippen molar-refractivity contribution < 1.29 is 23.1 Å². The van der Waals surface area contributed by atoms with Gasteiger partial charge in [0.2, 0.25) is 10.0 Å². The fourth-order valence-electron chi connectivity index (χ4n) is 1.68. The van der Waals surface area contributed by atoms with E-state index < -0.39 is 22.0 Å². The summed E-state index contributed by atoms with van der Waals surface area (Å²) < 4.78 is 31.8. The number of ether oxygens (including phenoxy) is 1. The average Bonchev–Trinajstić information content (AvgIpc) is 2.38. The van der Waals surface area contributed by atoms with Crippen LogP contribution >= 0.6 is 0 Å². The molecule has 2 N–H and O–H groups in total. The van der Waals surface area contributed by atoms with Gasteiger partial charge in [-0.05, 0) is 32.0 Å². The molecule has 21 heavy (non-hydrogen) atoms. The summed E-state index contributed by atoms with van der Waals surface area (Å²) in [6, 6.07) is 3.24. The summed E-state index contributed by atoms with van der Waals surface area (Å²) in [6.45, 7) is 3.62. The van der Waals surface area contributed by atoms with Gasteiger partial charge in [-0.3, -0.25) is 0 Å². The molecule has 0 aliphatic rings. The number of benzene rings is 1. The lowest BCUT2D eigenvalue weighted by atomic mass is 10.2. The quantitative estimate of drug-likeness (QED) is 0.744. The highest BCUT2D eigenvalue weighted by atomic mass is 32.2. The van der Waals surface area contributed by atoms with Crippen LogP contribution in [0.3, 0.4) is 0 Å². The van der Waals surface area contributed by atoms with Gasteiger partial charge < -0.3 is 9.84 Å². The molecule has 1 rings (SSSR count). The maximum Gasteiger partial charge on any atom is 0.339 e. The van der Waals surface area contributed by atoms with Crippen molar-refractivity contribution in [1.29, 1.82) is 0 Å². The van der Waals surface area contributed by atoms with Crippen LogP contribution in [0.25, 0.3) is 0 Å². The van der Waals surface area contributed by atoms with Gasteiger partial charge in [0.05, 0.1) is 11.5 Å². The zero-order chi connectivity index (χ0) is 16.0. The van der Waals surface area contributed by atoms with Crippen LogP contribution in [0.2, 0.25) is 0 Å². The van der Waals surface area contributed by atoms with Gasteiger partial charge in [0.1, 0.15) is 11.3 Å². The Morgan fingerprint density at radius 3 is 2.71 bits per heavy atom. The van der Waals surface area contributed by atoms with E-state index in [1.54, 1.807) is 13.8 Å². The van der Waals surface area contributed by atoms with Crippen molar-refractivity contribution in [1.82, 2.24) is 4.72 Å². The Bertz CT molecular complexity index is 660. The van der Waals surface area contributed by atoms with Crippen LogP contribution in [0.1, 0.15) is 30.6 Å². The molecule has 1 aromatic carbocycles. The lowest BCUT2D eigenvalue weighted by Crippen LogP contribution is -2.32. The summed E-state index contributed by atoms with van der Waals surface area (Å²) in [5.74, 6) is 1.22. The van der Waals surface area contributed by atoms with E-state index in [-0.39, 0.29) is 29.2 Å². The number of carboxylic acid groups (broad SMARTS) is 1. The minimum Gasteiger partial charge on any atom is -0.493 e. The van der Waals surface area contributed by atoms with E-state index in [0.717, 1.165) is 6.07 Å². The summed E-state index contributed by atoms with van der Waals surface area (Å²) in [7, 11) is -3.83. The van der Waals surface area contributed by atoms with Crippen molar-refractivity contribution in [3.8, 4) is 18.1 Å². The number of sulfonamides is 1. The largest absolute Gasteiger partial charge is 0.493 e. The minimum atomic E-state index is -3.83. The first kappa shape index (κ1) is 17.0. The minimum absolute atomic E-state index is 0.126. The number of aromatic carboxylic acids is 1. The molecular weight excluding hydrogens is 294 g/mol. The normalized spacial score (nSPS) is 12.4. The molecule has 1 atom stereocenters. The summed E-state index contributed by atoms with van der Waals surface area (Å²) >= 11 is 0. The second-order valence-electron chi connectivity index (χ2n) is 4.33. The van der Waals surface area contributed by atoms with Gasteiger partial charge in [0, 0.05) is 12.5 Å². The summed E-state index contributed by atoms with van der Waals surface area (Å²) in [5.41, 5.74) is -0.204. The second-order valence-corrected chi connectivity index (χ2v) is 6.04. The third-order valence-corrected chi connectivity index (χ3v) is 4.16. The lowest BCUT2D eigenvalue weighted by molar-refractivity contribution is 0.0692. The molecule has 0 amide bonds. The molecule has 114 valence electrons. The smallest absolute Gasteiger partial charge is 0.339 e. The van der Waals surface area contributed by atoms with Gasteiger partial charge in [-0.2, -0.15) is 0 Å². The van der Waals surface area contributed by atoms with Crippen molar-refractivity contribution in [2.24, 2.45) is 0 Å². The molecule has 0 spiro atoms. The van der Waals surface area contributed by atoms with Crippen molar-refractivity contribution in [3.63, 3.8) is 0 Å². The monoisotopic (exact) mass is 311 g/mol. The highest BCUT2D eigenvalue weighted by Gasteiger charge is 2.21. The van der Waals surface area contributed by atoms with Gasteiger partial charge >= 0.3 is 5.97 Å². The molecule has 0 fully saturated rings. The first-order valence-electron chi connectivity index (χ1n) is 6.27. The lowest BCUT2D eigenvalue weighted by Gasteiger charge is -2.13. The zero-order valence-corrected chi connectivity index (χ0v) is 12.6. The molecule has 7 heteroatoms. The summed E-state index contributed by atoms with van der Waals surface area (Å²) in [5, 5.41) is 9.13. The molecule has 0 aliphatic carbocycles. The molecule has 0 saturated carbocycles. The van der Waals surface area contributed by atoms with Crippen LogP contribution in [0.4, 0.5) is 0 Å². The number of rotatable bonds is 7. The predicted molar refractivity (Wildman–Crippen MR) is 77.8 cm³/mol. The maximum atomic E-state index is 12.1. The Morgan fingerprint density at radius 2 is 2.19 bits per heavy atom. The van der Waals surface area contributed by atoms with Crippen LogP contribution in [0.15, 0.2) is 23.1 Å². The standard InChI is InChI=1S/C14H17NO5S/c1-4-6-10(3)15-21(18,19)11-7-8-13(20-5-2)12(9-11)14(16)17/h1,7-10,15H,5-6H2,2-3H3,(H,16,17). The fraction of sp³-hybridized carbons (Fsp3) is 0.357. The van der Waals surface area contributed by atoms with Crippen molar-refractivity contribution in [3.05, 3.63) is 23.8 Å². The molecule has 1 unspecified atom stereocenters. The SMILES string of the molecule is C#CCC(C)NS(=O)(=O)c1ccc(OCC)c(C(=O)O)c1. The number of carboxylic acids is 1. The number of terminal acetylenes is 1. The van der Waals surface area contributed by atoms with E-state index >= 15 is 0 Å². The van der Waals surface area contributed by atoms with Crippen LogP contribution in [-0.2, 0) is 10.0 Å². The van der Waals surface area contributed by atoms with E-state index in [1.165, 1.54) is 12.1 Å². The first-order valence-corrected chi connectivity index (χ1v) is 7.76. The Hall–Kier alpha value is -2.04. The molecule has 1 aromatic rings. The maximum absolute atomic E-state index is 12.1. The highest BCUT2D eigenvalue weighted by Crippen LogP contribution is 2.23. The topological polar surface area (TPSA) is 92.7 Å². The number of hydrogen-bond donors (Lipinski definition) is 2. The van der Waals surface area contributed by atoms with E-state index in [0.29, 0.717) is 0 Å². The van der Waals surface area contributed by atoms with E-state index in [2.05, 4.69) is 10.6 Å². The molecular formula is C14H17NO5S.